The van der Waals surface area contributed by atoms with Gasteiger partial charge in [-0.2, -0.15) is 5.10 Å². The van der Waals surface area contributed by atoms with Gasteiger partial charge in [-0.15, -0.1) is 0 Å². The summed E-state index contributed by atoms with van der Waals surface area (Å²) in [5.74, 6) is 0. The molecule has 0 aliphatic carbocycles. The molecule has 0 bridgehead atoms. The maximum atomic E-state index is 12.0. The van der Waals surface area contributed by atoms with E-state index in [9.17, 15) is 8.42 Å². The molecule has 0 unspecified atom stereocenters. The van der Waals surface area contributed by atoms with Crippen LogP contribution in [-0.2, 0) is 23.2 Å². The van der Waals surface area contributed by atoms with Gasteiger partial charge in [-0.25, -0.2) is 13.1 Å². The number of aliphatic hydroxyl groups excluding tert-OH is 1. The van der Waals surface area contributed by atoms with Crippen molar-refractivity contribution in [2.75, 3.05) is 6.54 Å². The minimum atomic E-state index is -3.51. The number of nitrogens with one attached hydrogen (secondary N) is 1. The third-order valence-corrected chi connectivity index (χ3v) is 4.09. The van der Waals surface area contributed by atoms with Gasteiger partial charge in [0.05, 0.1) is 18.0 Å². The second-order valence-corrected chi connectivity index (χ2v) is 5.74. The molecule has 0 atom stereocenters. The molecule has 2 rings (SSSR count). The van der Waals surface area contributed by atoms with Crippen molar-refractivity contribution >= 4 is 10.0 Å². The maximum Gasteiger partial charge on any atom is 0.240 e. The molecule has 2 N–H and O–H groups in total. The first-order chi connectivity index (χ1) is 9.12. The Balaban J connectivity index is 1.97. The van der Waals surface area contributed by atoms with Gasteiger partial charge in [-0.3, -0.25) is 4.68 Å². The van der Waals surface area contributed by atoms with Crippen LogP contribution in [0.5, 0.6) is 0 Å². The predicted octanol–water partition coefficient (Wildman–Crippen LogP) is 0.354. The molecule has 0 amide bonds. The molecule has 0 aliphatic rings. The van der Waals surface area contributed by atoms with Crippen LogP contribution in [-0.4, -0.2) is 29.8 Å². The van der Waals surface area contributed by atoms with Crippen LogP contribution in [0.3, 0.4) is 0 Å². The molecular weight excluding hydrogens is 266 g/mol. The molecule has 7 heteroatoms. The quantitative estimate of drug-likeness (QED) is 0.800. The minimum absolute atomic E-state index is 0.104. The van der Waals surface area contributed by atoms with Crippen molar-refractivity contribution in [3.63, 3.8) is 0 Å². The normalized spacial score (nSPS) is 11.6. The van der Waals surface area contributed by atoms with Gasteiger partial charge in [0.2, 0.25) is 10.0 Å². The maximum absolute atomic E-state index is 12.0. The molecule has 6 nitrogen and oxygen atoms in total. The fourth-order valence-corrected chi connectivity index (χ4v) is 2.61. The smallest absolute Gasteiger partial charge is 0.240 e. The van der Waals surface area contributed by atoms with Crippen molar-refractivity contribution in [3.05, 3.63) is 48.3 Å². The molecule has 1 aromatic heterocycles. The number of hydrogen-bond donors (Lipinski definition) is 2. The number of aromatic nitrogens is 2. The molecule has 19 heavy (non-hydrogen) atoms. The first-order valence-electron chi connectivity index (χ1n) is 5.79. The molecule has 1 aromatic carbocycles. The van der Waals surface area contributed by atoms with Crippen molar-refractivity contribution in [1.82, 2.24) is 14.5 Å². The van der Waals surface area contributed by atoms with Crippen LogP contribution in [0.4, 0.5) is 0 Å². The van der Waals surface area contributed by atoms with Crippen LogP contribution in [0.15, 0.2) is 47.6 Å². The van der Waals surface area contributed by atoms with Gasteiger partial charge >= 0.3 is 0 Å². The Morgan fingerprint density at radius 2 is 2.00 bits per heavy atom. The molecule has 0 saturated heterocycles. The van der Waals surface area contributed by atoms with Gasteiger partial charge in [0.1, 0.15) is 0 Å². The molecule has 2 aromatic rings. The van der Waals surface area contributed by atoms with Gasteiger partial charge in [-0.1, -0.05) is 12.1 Å². The first kappa shape index (κ1) is 13.7. The molecule has 1 heterocycles. The number of nitrogens with zero attached hydrogens (tertiary/aromatic N) is 2. The minimum Gasteiger partial charge on any atom is -0.392 e. The van der Waals surface area contributed by atoms with E-state index in [1.54, 1.807) is 35.3 Å². The zero-order valence-electron chi connectivity index (χ0n) is 10.2. The van der Waals surface area contributed by atoms with Crippen molar-refractivity contribution in [2.45, 2.75) is 18.0 Å². The van der Waals surface area contributed by atoms with Crippen LogP contribution in [0.25, 0.3) is 0 Å². The lowest BCUT2D eigenvalue weighted by Crippen LogP contribution is -2.27. The summed E-state index contributed by atoms with van der Waals surface area (Å²) in [6, 6.07) is 7.90. The largest absolute Gasteiger partial charge is 0.392 e. The number of benzene rings is 1. The summed E-state index contributed by atoms with van der Waals surface area (Å²) in [5, 5.41) is 12.9. The van der Waals surface area contributed by atoms with E-state index in [1.165, 1.54) is 12.1 Å². The molecule has 102 valence electrons. The topological polar surface area (TPSA) is 84.2 Å². The van der Waals surface area contributed by atoms with E-state index in [2.05, 4.69) is 9.82 Å². The SMILES string of the molecule is O=S(=O)(NCCn1cccn1)c1ccc(CO)cc1. The summed E-state index contributed by atoms with van der Waals surface area (Å²) in [5.41, 5.74) is 0.676. The molecule has 0 saturated carbocycles. The molecule has 0 aliphatic heterocycles. The average molecular weight is 281 g/mol. The van der Waals surface area contributed by atoms with Crippen molar-refractivity contribution in [1.29, 1.82) is 0 Å². The van der Waals surface area contributed by atoms with Gasteiger partial charge in [0, 0.05) is 18.9 Å². The standard InChI is InChI=1S/C12H15N3O3S/c16-10-11-2-4-12(5-3-11)19(17,18)14-7-9-15-8-1-6-13-15/h1-6,8,14,16H,7,9-10H2. The van der Waals surface area contributed by atoms with E-state index < -0.39 is 10.0 Å². The third kappa shape index (κ3) is 3.63. The zero-order chi connectivity index (χ0) is 13.7. The van der Waals surface area contributed by atoms with Gasteiger partial charge < -0.3 is 5.11 Å². The summed E-state index contributed by atoms with van der Waals surface area (Å²) in [6.07, 6.45) is 3.41. The summed E-state index contributed by atoms with van der Waals surface area (Å²) in [6.45, 7) is 0.639. The van der Waals surface area contributed by atoms with Crippen LogP contribution in [0.2, 0.25) is 0 Å². The van der Waals surface area contributed by atoms with E-state index in [4.69, 9.17) is 5.11 Å². The lowest BCUT2D eigenvalue weighted by Gasteiger charge is -2.07. The molecule has 0 spiro atoms. The number of rotatable bonds is 6. The average Bonchev–Trinajstić information content (AvgIpc) is 2.92. The second-order valence-electron chi connectivity index (χ2n) is 3.97. The third-order valence-electron chi connectivity index (χ3n) is 2.61. The number of aliphatic hydroxyl groups is 1. The van der Waals surface area contributed by atoms with E-state index in [0.29, 0.717) is 12.1 Å². The van der Waals surface area contributed by atoms with Crippen LogP contribution < -0.4 is 4.72 Å². The van der Waals surface area contributed by atoms with E-state index >= 15 is 0 Å². The first-order valence-corrected chi connectivity index (χ1v) is 7.27. The lowest BCUT2D eigenvalue weighted by molar-refractivity contribution is 0.282. The summed E-state index contributed by atoms with van der Waals surface area (Å²) in [7, 11) is -3.51. The Labute approximate surface area is 111 Å². The Morgan fingerprint density at radius 3 is 2.58 bits per heavy atom. The second kappa shape index (κ2) is 5.96. The highest BCUT2D eigenvalue weighted by atomic mass is 32.2. The van der Waals surface area contributed by atoms with E-state index in [-0.39, 0.29) is 18.0 Å². The van der Waals surface area contributed by atoms with E-state index in [1.807, 2.05) is 0 Å². The summed E-state index contributed by atoms with van der Waals surface area (Å²) in [4.78, 5) is 0.185. The van der Waals surface area contributed by atoms with Crippen LogP contribution in [0.1, 0.15) is 5.56 Å². The summed E-state index contributed by atoms with van der Waals surface area (Å²) < 4.78 is 28.1. The van der Waals surface area contributed by atoms with Gasteiger partial charge in [-0.05, 0) is 23.8 Å². The fourth-order valence-electron chi connectivity index (χ4n) is 1.58. The molecule has 0 radical (unpaired) electrons. The predicted molar refractivity (Wildman–Crippen MR) is 69.8 cm³/mol. The Morgan fingerprint density at radius 1 is 1.26 bits per heavy atom. The summed E-state index contributed by atoms with van der Waals surface area (Å²) >= 11 is 0. The molecule has 0 fully saturated rings. The zero-order valence-corrected chi connectivity index (χ0v) is 11.0. The highest BCUT2D eigenvalue weighted by Gasteiger charge is 2.12. The lowest BCUT2D eigenvalue weighted by atomic mass is 10.2. The van der Waals surface area contributed by atoms with Crippen LogP contribution >= 0.6 is 0 Å². The van der Waals surface area contributed by atoms with E-state index in [0.717, 1.165) is 0 Å². The van der Waals surface area contributed by atoms with Crippen molar-refractivity contribution in [2.24, 2.45) is 0 Å². The highest BCUT2D eigenvalue weighted by molar-refractivity contribution is 7.89. The van der Waals surface area contributed by atoms with Crippen molar-refractivity contribution < 1.29 is 13.5 Å². The number of sulfonamides is 1. The highest BCUT2D eigenvalue weighted by Crippen LogP contribution is 2.10. The number of hydrogen-bond acceptors (Lipinski definition) is 4. The Bertz CT molecular complexity index is 606. The fraction of sp³-hybridized carbons (Fsp3) is 0.250. The Kier molecular flexibility index (Phi) is 4.31. The van der Waals surface area contributed by atoms with Crippen LogP contribution in [0, 0.1) is 0 Å². The monoisotopic (exact) mass is 281 g/mol. The van der Waals surface area contributed by atoms with Crippen molar-refractivity contribution in [3.8, 4) is 0 Å². The molecular formula is C12H15N3O3S. The van der Waals surface area contributed by atoms with Gasteiger partial charge in [0.25, 0.3) is 0 Å². The van der Waals surface area contributed by atoms with Gasteiger partial charge in [0.15, 0.2) is 0 Å². The Hall–Kier alpha value is -1.70.